The largest absolute Gasteiger partial charge is 0.340 e. The Morgan fingerprint density at radius 1 is 1.29 bits per heavy atom. The summed E-state index contributed by atoms with van der Waals surface area (Å²) in [4.78, 5) is 29.9. The smallest absolute Gasteiger partial charge is 0.270 e. The summed E-state index contributed by atoms with van der Waals surface area (Å²) in [7, 11) is 1.84. The van der Waals surface area contributed by atoms with Gasteiger partial charge in [0.2, 0.25) is 0 Å². The standard InChI is InChI=1S/C18H23N3O2S/c1-12(2)11-15(17(23)20-18-21(4)9-10-24-18)19-16(22)14-8-6-5-7-13(14)3/h5-10,12,15H,11H2,1-4H3,(H,19,22)/t15-/m1/s1. The summed E-state index contributed by atoms with van der Waals surface area (Å²) in [5, 5.41) is 4.72. The van der Waals surface area contributed by atoms with E-state index in [9.17, 15) is 9.59 Å². The van der Waals surface area contributed by atoms with Crippen LogP contribution in [-0.4, -0.2) is 22.4 Å². The van der Waals surface area contributed by atoms with Crippen LogP contribution in [0.3, 0.4) is 0 Å². The fourth-order valence-corrected chi connectivity index (χ4v) is 3.10. The van der Waals surface area contributed by atoms with Crippen molar-refractivity contribution in [1.29, 1.82) is 0 Å². The van der Waals surface area contributed by atoms with Gasteiger partial charge < -0.3 is 9.88 Å². The number of aromatic nitrogens is 1. The molecule has 0 radical (unpaired) electrons. The number of rotatable bonds is 5. The molecule has 0 saturated carbocycles. The zero-order valence-electron chi connectivity index (χ0n) is 14.4. The molecule has 0 unspecified atom stereocenters. The molecule has 1 aromatic carbocycles. The van der Waals surface area contributed by atoms with E-state index in [1.165, 1.54) is 11.3 Å². The third kappa shape index (κ3) is 4.64. The highest BCUT2D eigenvalue weighted by atomic mass is 32.1. The van der Waals surface area contributed by atoms with Crippen LogP contribution in [0.1, 0.15) is 36.2 Å². The van der Waals surface area contributed by atoms with E-state index in [1.807, 2.05) is 57.6 Å². The van der Waals surface area contributed by atoms with Gasteiger partial charge in [0, 0.05) is 24.2 Å². The molecule has 2 aromatic rings. The lowest BCUT2D eigenvalue weighted by Crippen LogP contribution is -2.42. The molecule has 0 spiro atoms. The second kappa shape index (κ2) is 8.06. The first-order valence-corrected chi connectivity index (χ1v) is 8.81. The number of nitrogens with one attached hydrogen (secondary N) is 1. The molecule has 1 N–H and O–H groups in total. The minimum atomic E-state index is -0.626. The summed E-state index contributed by atoms with van der Waals surface area (Å²) < 4.78 is 1.79. The minimum Gasteiger partial charge on any atom is -0.340 e. The third-order valence-corrected chi connectivity index (χ3v) is 4.51. The quantitative estimate of drug-likeness (QED) is 0.905. The van der Waals surface area contributed by atoms with Crippen LogP contribution in [0.4, 0.5) is 0 Å². The fraction of sp³-hybridized carbons (Fsp3) is 0.389. The molecule has 128 valence electrons. The van der Waals surface area contributed by atoms with Gasteiger partial charge in [-0.25, -0.2) is 0 Å². The average Bonchev–Trinajstić information content (AvgIpc) is 2.91. The molecule has 0 aliphatic heterocycles. The van der Waals surface area contributed by atoms with E-state index in [1.54, 1.807) is 10.6 Å². The molecule has 0 aliphatic carbocycles. The number of hydrogen-bond donors (Lipinski definition) is 1. The van der Waals surface area contributed by atoms with E-state index in [2.05, 4.69) is 10.3 Å². The molecular formula is C18H23N3O2S. The number of thiazole rings is 1. The topological polar surface area (TPSA) is 63.5 Å². The maximum atomic E-state index is 12.6. The summed E-state index contributed by atoms with van der Waals surface area (Å²) >= 11 is 1.39. The van der Waals surface area contributed by atoms with Gasteiger partial charge in [-0.05, 0) is 30.9 Å². The van der Waals surface area contributed by atoms with Crippen LogP contribution in [0, 0.1) is 12.8 Å². The fourth-order valence-electron chi connectivity index (χ4n) is 2.36. The number of carbonyl (C=O) groups is 2. The predicted molar refractivity (Wildman–Crippen MR) is 95.7 cm³/mol. The molecule has 5 nitrogen and oxygen atoms in total. The number of aryl methyl sites for hydroxylation is 2. The Morgan fingerprint density at radius 3 is 2.58 bits per heavy atom. The van der Waals surface area contributed by atoms with E-state index in [0.717, 1.165) is 5.56 Å². The second-order valence-electron chi connectivity index (χ2n) is 6.22. The molecule has 6 heteroatoms. The number of nitrogens with zero attached hydrogens (tertiary/aromatic N) is 2. The van der Waals surface area contributed by atoms with E-state index in [0.29, 0.717) is 16.8 Å². The Balaban J connectivity index is 2.23. The van der Waals surface area contributed by atoms with Gasteiger partial charge in [0.25, 0.3) is 11.8 Å². The number of amides is 2. The van der Waals surface area contributed by atoms with Gasteiger partial charge in [-0.15, -0.1) is 11.3 Å². The van der Waals surface area contributed by atoms with Crippen LogP contribution in [0.25, 0.3) is 0 Å². The first kappa shape index (κ1) is 18.1. The zero-order valence-corrected chi connectivity index (χ0v) is 15.3. The maximum Gasteiger partial charge on any atom is 0.270 e. The molecule has 1 heterocycles. The van der Waals surface area contributed by atoms with Crippen LogP contribution in [0.2, 0.25) is 0 Å². The summed E-state index contributed by atoms with van der Waals surface area (Å²) in [6.45, 7) is 5.92. The van der Waals surface area contributed by atoms with Gasteiger partial charge in [-0.3, -0.25) is 9.59 Å². The van der Waals surface area contributed by atoms with Crippen molar-refractivity contribution in [3.63, 3.8) is 0 Å². The number of carbonyl (C=O) groups excluding carboxylic acids is 2. The third-order valence-electron chi connectivity index (χ3n) is 3.67. The van der Waals surface area contributed by atoms with Crippen LogP contribution >= 0.6 is 11.3 Å². The van der Waals surface area contributed by atoms with Crippen molar-refractivity contribution in [2.24, 2.45) is 18.0 Å². The van der Waals surface area contributed by atoms with Gasteiger partial charge in [-0.1, -0.05) is 32.0 Å². The second-order valence-corrected chi connectivity index (χ2v) is 7.09. The molecule has 1 atom stereocenters. The molecule has 24 heavy (non-hydrogen) atoms. The first-order chi connectivity index (χ1) is 11.4. The SMILES string of the molecule is Cc1ccccc1C(=O)N[C@H](CC(C)C)C(=O)N=c1sccn1C. The molecule has 0 bridgehead atoms. The maximum absolute atomic E-state index is 12.6. The minimum absolute atomic E-state index is 0.238. The van der Waals surface area contributed by atoms with Crippen molar-refractivity contribution in [2.75, 3.05) is 0 Å². The van der Waals surface area contributed by atoms with E-state index < -0.39 is 6.04 Å². The van der Waals surface area contributed by atoms with Crippen molar-refractivity contribution in [3.05, 3.63) is 51.8 Å². The van der Waals surface area contributed by atoms with Crippen molar-refractivity contribution < 1.29 is 9.59 Å². The van der Waals surface area contributed by atoms with Gasteiger partial charge in [0.05, 0.1) is 0 Å². The molecule has 2 rings (SSSR count). The summed E-state index contributed by atoms with van der Waals surface area (Å²) in [6, 6.07) is 6.72. The van der Waals surface area contributed by atoms with Crippen LogP contribution in [0.5, 0.6) is 0 Å². The van der Waals surface area contributed by atoms with Crippen molar-refractivity contribution >= 4 is 23.2 Å². The van der Waals surface area contributed by atoms with E-state index in [-0.39, 0.29) is 17.7 Å². The van der Waals surface area contributed by atoms with Crippen molar-refractivity contribution in [2.45, 2.75) is 33.2 Å². The normalized spacial score (nSPS) is 13.1. The molecule has 2 amide bonds. The lowest BCUT2D eigenvalue weighted by molar-refractivity contribution is -0.120. The highest BCUT2D eigenvalue weighted by Crippen LogP contribution is 2.10. The lowest BCUT2D eigenvalue weighted by atomic mass is 10.0. The van der Waals surface area contributed by atoms with Gasteiger partial charge in [-0.2, -0.15) is 4.99 Å². The molecule has 0 saturated heterocycles. The molecule has 0 aliphatic rings. The average molecular weight is 345 g/mol. The van der Waals surface area contributed by atoms with Crippen molar-refractivity contribution in [1.82, 2.24) is 9.88 Å². The Hall–Kier alpha value is -2.21. The predicted octanol–water partition coefficient (Wildman–Crippen LogP) is 2.67. The van der Waals surface area contributed by atoms with Gasteiger partial charge in [0.15, 0.2) is 4.80 Å². The van der Waals surface area contributed by atoms with Crippen molar-refractivity contribution in [3.8, 4) is 0 Å². The Labute approximate surface area is 146 Å². The number of hydrogen-bond acceptors (Lipinski definition) is 3. The molecule has 0 fully saturated rings. The Kier molecular flexibility index (Phi) is 6.09. The Morgan fingerprint density at radius 2 is 2.00 bits per heavy atom. The van der Waals surface area contributed by atoms with Crippen LogP contribution in [-0.2, 0) is 11.8 Å². The van der Waals surface area contributed by atoms with Gasteiger partial charge >= 0.3 is 0 Å². The van der Waals surface area contributed by atoms with Gasteiger partial charge in [0.1, 0.15) is 6.04 Å². The highest BCUT2D eigenvalue weighted by molar-refractivity contribution is 7.07. The summed E-state index contributed by atoms with van der Waals surface area (Å²) in [5.74, 6) is -0.287. The summed E-state index contributed by atoms with van der Waals surface area (Å²) in [6.07, 6.45) is 2.40. The van der Waals surface area contributed by atoms with Crippen LogP contribution in [0.15, 0.2) is 40.8 Å². The van der Waals surface area contributed by atoms with E-state index in [4.69, 9.17) is 0 Å². The zero-order chi connectivity index (χ0) is 17.7. The highest BCUT2D eigenvalue weighted by Gasteiger charge is 2.23. The lowest BCUT2D eigenvalue weighted by Gasteiger charge is -2.18. The van der Waals surface area contributed by atoms with Crippen LogP contribution < -0.4 is 10.1 Å². The number of benzene rings is 1. The molecule has 1 aromatic heterocycles. The monoisotopic (exact) mass is 345 g/mol. The van der Waals surface area contributed by atoms with E-state index >= 15 is 0 Å². The first-order valence-electron chi connectivity index (χ1n) is 7.93. The molecular weight excluding hydrogens is 322 g/mol. The summed E-state index contributed by atoms with van der Waals surface area (Å²) in [5.41, 5.74) is 1.47. The Bertz CT molecular complexity index is 789.